The minimum Gasteiger partial charge on any atom is -0.381 e. The van der Waals surface area contributed by atoms with Crippen LogP contribution in [0.1, 0.15) is 19.8 Å². The Bertz CT molecular complexity index is 168. The summed E-state index contributed by atoms with van der Waals surface area (Å²) in [5.41, 5.74) is 0. The van der Waals surface area contributed by atoms with Crippen LogP contribution < -0.4 is 0 Å². The van der Waals surface area contributed by atoms with Gasteiger partial charge in [0.25, 0.3) is 0 Å². The van der Waals surface area contributed by atoms with Gasteiger partial charge in [-0.1, -0.05) is 0 Å². The highest BCUT2D eigenvalue weighted by molar-refractivity contribution is 7.99. The Morgan fingerprint density at radius 2 is 1.85 bits per heavy atom. The van der Waals surface area contributed by atoms with Gasteiger partial charge in [0, 0.05) is 12.8 Å². The van der Waals surface area contributed by atoms with E-state index in [1.165, 1.54) is 18.7 Å². The largest absolute Gasteiger partial charge is 0.381 e. The second-order valence-electron chi connectivity index (χ2n) is 2.79. The summed E-state index contributed by atoms with van der Waals surface area (Å²) in [7, 11) is 0. The lowest BCUT2D eigenvalue weighted by Gasteiger charge is -2.01. The average Bonchev–Trinajstić information content (AvgIpc) is 2.03. The number of thioether (sulfide) groups is 1. The third kappa shape index (κ3) is 9.56. The maximum absolute atomic E-state index is 11.0. The number of ketones is 2. The fourth-order valence-corrected chi connectivity index (χ4v) is 1.20. The van der Waals surface area contributed by atoms with Gasteiger partial charge in [-0.15, -0.1) is 0 Å². The van der Waals surface area contributed by atoms with Crippen LogP contribution in [0.4, 0.5) is 0 Å². The molecule has 0 aliphatic rings. The van der Waals surface area contributed by atoms with E-state index in [9.17, 15) is 9.59 Å². The molecule has 0 aromatic heterocycles. The van der Waals surface area contributed by atoms with E-state index in [0.29, 0.717) is 31.8 Å². The second kappa shape index (κ2) is 8.26. The molecule has 0 amide bonds. The van der Waals surface area contributed by atoms with E-state index in [1.54, 1.807) is 0 Å². The normalized spacial score (nSPS) is 10.0. The van der Waals surface area contributed by atoms with Crippen LogP contribution in [0.3, 0.4) is 0 Å². The van der Waals surface area contributed by atoms with E-state index in [1.807, 2.05) is 6.26 Å². The monoisotopic (exact) mass is 204 g/mol. The first-order valence-corrected chi connectivity index (χ1v) is 5.64. The SMILES string of the molecule is CSCC(=O)CCOCCC(C)=O. The van der Waals surface area contributed by atoms with Gasteiger partial charge in [-0.25, -0.2) is 0 Å². The van der Waals surface area contributed by atoms with Gasteiger partial charge in [0.2, 0.25) is 0 Å². The van der Waals surface area contributed by atoms with Crippen LogP contribution >= 0.6 is 11.8 Å². The molecule has 0 aliphatic carbocycles. The van der Waals surface area contributed by atoms with Crippen molar-refractivity contribution in [2.75, 3.05) is 25.2 Å². The number of Topliss-reactive ketones (excluding diaryl/α,β-unsaturated/α-hetero) is 2. The minimum absolute atomic E-state index is 0.121. The maximum Gasteiger partial charge on any atom is 0.145 e. The Morgan fingerprint density at radius 1 is 1.23 bits per heavy atom. The van der Waals surface area contributed by atoms with Crippen LogP contribution in [0, 0.1) is 0 Å². The summed E-state index contributed by atoms with van der Waals surface area (Å²) in [4.78, 5) is 21.5. The molecule has 0 aromatic carbocycles. The van der Waals surface area contributed by atoms with Gasteiger partial charge >= 0.3 is 0 Å². The number of ether oxygens (including phenoxy) is 1. The highest BCUT2D eigenvalue weighted by Crippen LogP contribution is 1.96. The number of rotatable bonds is 8. The smallest absolute Gasteiger partial charge is 0.145 e. The van der Waals surface area contributed by atoms with Crippen molar-refractivity contribution in [2.24, 2.45) is 0 Å². The van der Waals surface area contributed by atoms with Crippen LogP contribution in [-0.4, -0.2) is 36.8 Å². The van der Waals surface area contributed by atoms with Gasteiger partial charge in [-0.05, 0) is 13.2 Å². The molecule has 0 spiro atoms. The van der Waals surface area contributed by atoms with Crippen molar-refractivity contribution in [3.8, 4) is 0 Å². The third-order valence-corrected chi connectivity index (χ3v) is 2.04. The quantitative estimate of drug-likeness (QED) is 0.559. The summed E-state index contributed by atoms with van der Waals surface area (Å²) in [6, 6.07) is 0. The first-order chi connectivity index (χ1) is 6.16. The van der Waals surface area contributed by atoms with Crippen molar-refractivity contribution in [3.05, 3.63) is 0 Å². The fraction of sp³-hybridized carbons (Fsp3) is 0.778. The maximum atomic E-state index is 11.0. The molecule has 0 aromatic rings. The fourth-order valence-electron chi connectivity index (χ4n) is 0.737. The summed E-state index contributed by atoms with van der Waals surface area (Å²) < 4.78 is 5.11. The molecule has 0 unspecified atom stereocenters. The predicted octanol–water partition coefficient (Wildman–Crippen LogP) is 1.30. The lowest BCUT2D eigenvalue weighted by molar-refractivity contribution is -0.118. The molecule has 3 nitrogen and oxygen atoms in total. The van der Waals surface area contributed by atoms with Crippen LogP contribution in [0.25, 0.3) is 0 Å². The first kappa shape index (κ1) is 12.7. The molecule has 76 valence electrons. The van der Waals surface area contributed by atoms with E-state index < -0.39 is 0 Å². The van der Waals surface area contributed by atoms with E-state index >= 15 is 0 Å². The Labute approximate surface area is 83.2 Å². The number of carbonyl (C=O) groups is 2. The molecule has 13 heavy (non-hydrogen) atoms. The van der Waals surface area contributed by atoms with Crippen LogP contribution in [0.2, 0.25) is 0 Å². The van der Waals surface area contributed by atoms with Gasteiger partial charge < -0.3 is 4.74 Å². The first-order valence-electron chi connectivity index (χ1n) is 4.24. The Hall–Kier alpha value is -0.350. The van der Waals surface area contributed by atoms with E-state index in [2.05, 4.69) is 0 Å². The molecule has 0 radical (unpaired) electrons. The van der Waals surface area contributed by atoms with Crippen LogP contribution in [-0.2, 0) is 14.3 Å². The Morgan fingerprint density at radius 3 is 2.38 bits per heavy atom. The standard InChI is InChI=1S/C9H16O3S/c1-8(10)3-5-12-6-4-9(11)7-13-2/h3-7H2,1-2H3. The van der Waals surface area contributed by atoms with Gasteiger partial charge in [0.05, 0.1) is 19.0 Å². The highest BCUT2D eigenvalue weighted by Gasteiger charge is 2.00. The number of hydrogen-bond acceptors (Lipinski definition) is 4. The zero-order chi connectivity index (χ0) is 10.1. The summed E-state index contributed by atoms with van der Waals surface area (Å²) in [6.45, 7) is 2.40. The summed E-state index contributed by atoms with van der Waals surface area (Å²) in [5.74, 6) is 0.876. The molecule has 0 bridgehead atoms. The summed E-state index contributed by atoms with van der Waals surface area (Å²) >= 11 is 1.52. The number of hydrogen-bond donors (Lipinski definition) is 0. The van der Waals surface area contributed by atoms with Crippen molar-refractivity contribution in [1.29, 1.82) is 0 Å². The highest BCUT2D eigenvalue weighted by atomic mass is 32.2. The van der Waals surface area contributed by atoms with E-state index in [4.69, 9.17) is 4.74 Å². The Balaban J connectivity index is 3.16. The molecule has 0 saturated carbocycles. The third-order valence-electron chi connectivity index (χ3n) is 1.43. The molecule has 0 N–H and O–H groups in total. The van der Waals surface area contributed by atoms with Crippen molar-refractivity contribution in [2.45, 2.75) is 19.8 Å². The molecular weight excluding hydrogens is 188 g/mol. The van der Waals surface area contributed by atoms with Gasteiger partial charge in [0.15, 0.2) is 0 Å². The van der Waals surface area contributed by atoms with Crippen molar-refractivity contribution in [3.63, 3.8) is 0 Å². The molecular formula is C9H16O3S. The average molecular weight is 204 g/mol. The number of carbonyl (C=O) groups excluding carboxylic acids is 2. The van der Waals surface area contributed by atoms with Crippen molar-refractivity contribution < 1.29 is 14.3 Å². The molecule has 0 aliphatic heterocycles. The van der Waals surface area contributed by atoms with E-state index in [-0.39, 0.29) is 11.6 Å². The molecule has 4 heteroatoms. The van der Waals surface area contributed by atoms with Gasteiger partial charge in [-0.3, -0.25) is 9.59 Å². The predicted molar refractivity (Wildman–Crippen MR) is 54.1 cm³/mol. The summed E-state index contributed by atoms with van der Waals surface area (Å²) in [6.07, 6.45) is 2.80. The van der Waals surface area contributed by atoms with Gasteiger partial charge in [-0.2, -0.15) is 11.8 Å². The zero-order valence-corrected chi connectivity index (χ0v) is 8.99. The molecule has 0 rings (SSSR count). The topological polar surface area (TPSA) is 43.4 Å². The molecule has 0 fully saturated rings. The molecule has 0 saturated heterocycles. The lowest BCUT2D eigenvalue weighted by Crippen LogP contribution is -2.08. The van der Waals surface area contributed by atoms with Crippen LogP contribution in [0.5, 0.6) is 0 Å². The van der Waals surface area contributed by atoms with Crippen molar-refractivity contribution in [1.82, 2.24) is 0 Å². The second-order valence-corrected chi connectivity index (χ2v) is 3.65. The zero-order valence-electron chi connectivity index (χ0n) is 8.17. The van der Waals surface area contributed by atoms with Gasteiger partial charge in [0.1, 0.15) is 11.6 Å². The summed E-state index contributed by atoms with van der Waals surface area (Å²) in [5, 5.41) is 0. The minimum atomic E-state index is 0.121. The Kier molecular flexibility index (Phi) is 8.04. The van der Waals surface area contributed by atoms with Crippen LogP contribution in [0.15, 0.2) is 0 Å². The lowest BCUT2D eigenvalue weighted by atomic mass is 10.3. The van der Waals surface area contributed by atoms with E-state index in [0.717, 1.165) is 0 Å². The molecule has 0 heterocycles. The molecule has 0 atom stereocenters. The van der Waals surface area contributed by atoms with Crippen molar-refractivity contribution >= 4 is 23.3 Å².